The monoisotopic (exact) mass is 307 g/mol. The Morgan fingerprint density at radius 2 is 2.05 bits per heavy atom. The summed E-state index contributed by atoms with van der Waals surface area (Å²) in [6.45, 7) is 2.78. The summed E-state index contributed by atoms with van der Waals surface area (Å²) in [5.41, 5.74) is 0.792. The molecule has 0 radical (unpaired) electrons. The third kappa shape index (κ3) is 3.51. The predicted molar refractivity (Wildman–Crippen MR) is 72.4 cm³/mol. The SMILES string of the molecule is COc1cc(Cl)c(C)cc1NS(=O)(=O)C(C)C(=O)O. The molecule has 0 saturated heterocycles. The molecule has 1 aromatic carbocycles. The smallest absolute Gasteiger partial charge is 0.323 e. The second-order valence-corrected chi connectivity index (χ2v) is 6.34. The molecule has 1 unspecified atom stereocenters. The van der Waals surface area contributed by atoms with Gasteiger partial charge in [-0.15, -0.1) is 0 Å². The molecule has 8 heteroatoms. The normalized spacial score (nSPS) is 12.8. The van der Waals surface area contributed by atoms with E-state index < -0.39 is 21.2 Å². The number of aliphatic carboxylic acids is 1. The molecule has 0 saturated carbocycles. The van der Waals surface area contributed by atoms with Crippen molar-refractivity contribution in [1.82, 2.24) is 0 Å². The molecule has 0 aliphatic rings. The molecule has 1 rings (SSSR count). The number of methoxy groups -OCH3 is 1. The molecular weight excluding hydrogens is 294 g/mol. The number of carboxylic acids is 1. The second kappa shape index (κ2) is 5.66. The van der Waals surface area contributed by atoms with Crippen molar-refractivity contribution in [1.29, 1.82) is 0 Å². The number of rotatable bonds is 5. The summed E-state index contributed by atoms with van der Waals surface area (Å²) in [6.07, 6.45) is 0. The maximum absolute atomic E-state index is 11.8. The van der Waals surface area contributed by atoms with Gasteiger partial charge in [-0.2, -0.15) is 0 Å². The fourth-order valence-electron chi connectivity index (χ4n) is 1.29. The second-order valence-electron chi connectivity index (χ2n) is 3.93. The lowest BCUT2D eigenvalue weighted by Gasteiger charge is -2.15. The van der Waals surface area contributed by atoms with Gasteiger partial charge in [-0.05, 0) is 25.5 Å². The van der Waals surface area contributed by atoms with Crippen LogP contribution in [0.1, 0.15) is 12.5 Å². The lowest BCUT2D eigenvalue weighted by molar-refractivity contribution is -0.136. The molecule has 0 bridgehead atoms. The van der Waals surface area contributed by atoms with Crippen molar-refractivity contribution in [2.45, 2.75) is 19.1 Å². The van der Waals surface area contributed by atoms with Crippen LogP contribution in [0.5, 0.6) is 5.75 Å². The third-order valence-corrected chi connectivity index (χ3v) is 4.59. The molecule has 0 aromatic heterocycles. The Bertz CT molecular complexity index is 599. The molecule has 0 fully saturated rings. The number of carboxylic acid groups (broad SMARTS) is 1. The predicted octanol–water partition coefficient (Wildman–Crippen LogP) is 1.87. The van der Waals surface area contributed by atoms with Crippen LogP contribution in [0.3, 0.4) is 0 Å². The summed E-state index contributed by atoms with van der Waals surface area (Å²) in [7, 11) is -2.69. The van der Waals surface area contributed by atoms with Gasteiger partial charge in [0.05, 0.1) is 12.8 Å². The van der Waals surface area contributed by atoms with Crippen molar-refractivity contribution in [3.05, 3.63) is 22.7 Å². The topological polar surface area (TPSA) is 92.7 Å². The van der Waals surface area contributed by atoms with Gasteiger partial charge in [0.15, 0.2) is 5.25 Å². The number of aryl methyl sites for hydroxylation is 1. The van der Waals surface area contributed by atoms with E-state index in [1.54, 1.807) is 6.92 Å². The van der Waals surface area contributed by atoms with Crippen LogP contribution in [-0.2, 0) is 14.8 Å². The first-order chi connectivity index (χ1) is 8.69. The van der Waals surface area contributed by atoms with Gasteiger partial charge in [0.2, 0.25) is 10.0 Å². The van der Waals surface area contributed by atoms with Crippen molar-refractivity contribution in [2.75, 3.05) is 11.8 Å². The van der Waals surface area contributed by atoms with Crippen molar-refractivity contribution in [2.24, 2.45) is 0 Å². The van der Waals surface area contributed by atoms with E-state index in [0.29, 0.717) is 10.6 Å². The Labute approximate surface area is 116 Å². The number of anilines is 1. The van der Waals surface area contributed by atoms with Gasteiger partial charge < -0.3 is 9.84 Å². The zero-order valence-electron chi connectivity index (χ0n) is 10.6. The summed E-state index contributed by atoms with van der Waals surface area (Å²) in [4.78, 5) is 10.7. The van der Waals surface area contributed by atoms with E-state index >= 15 is 0 Å². The van der Waals surface area contributed by atoms with Gasteiger partial charge in [0.25, 0.3) is 0 Å². The van der Waals surface area contributed by atoms with Crippen LogP contribution >= 0.6 is 11.6 Å². The largest absolute Gasteiger partial charge is 0.495 e. The molecule has 2 N–H and O–H groups in total. The Hall–Kier alpha value is -1.47. The lowest BCUT2D eigenvalue weighted by atomic mass is 10.2. The van der Waals surface area contributed by atoms with Gasteiger partial charge in [-0.1, -0.05) is 11.6 Å². The van der Waals surface area contributed by atoms with Crippen LogP contribution in [-0.4, -0.2) is 31.9 Å². The van der Waals surface area contributed by atoms with Gasteiger partial charge in [-0.25, -0.2) is 8.42 Å². The lowest BCUT2D eigenvalue weighted by Crippen LogP contribution is -2.32. The Morgan fingerprint density at radius 1 is 1.47 bits per heavy atom. The molecule has 1 aromatic rings. The number of benzene rings is 1. The Kier molecular flexibility index (Phi) is 4.65. The molecule has 19 heavy (non-hydrogen) atoms. The number of sulfonamides is 1. The highest BCUT2D eigenvalue weighted by Crippen LogP contribution is 2.31. The summed E-state index contributed by atoms with van der Waals surface area (Å²) in [5, 5.41) is 7.60. The number of halogens is 1. The third-order valence-electron chi connectivity index (χ3n) is 2.55. The first kappa shape index (κ1) is 15.6. The van der Waals surface area contributed by atoms with Gasteiger partial charge in [0.1, 0.15) is 5.75 Å². The van der Waals surface area contributed by atoms with Crippen LogP contribution in [0.15, 0.2) is 12.1 Å². The standard InChI is InChI=1S/C11H14ClNO5S/c1-6-4-9(10(18-3)5-8(6)12)13-19(16,17)7(2)11(14)15/h4-5,7,13H,1-3H3,(H,14,15). The molecule has 6 nitrogen and oxygen atoms in total. The van der Waals surface area contributed by atoms with E-state index in [2.05, 4.69) is 4.72 Å². The molecule has 0 aliphatic carbocycles. The van der Waals surface area contributed by atoms with Crippen LogP contribution < -0.4 is 9.46 Å². The minimum absolute atomic E-state index is 0.150. The van der Waals surface area contributed by atoms with E-state index in [9.17, 15) is 13.2 Å². The average Bonchev–Trinajstić information content (AvgIpc) is 2.31. The molecule has 106 valence electrons. The highest BCUT2D eigenvalue weighted by Gasteiger charge is 2.28. The number of hydrogen-bond donors (Lipinski definition) is 2. The van der Waals surface area contributed by atoms with Gasteiger partial charge in [-0.3, -0.25) is 9.52 Å². The molecule has 0 heterocycles. The van der Waals surface area contributed by atoms with E-state index in [0.717, 1.165) is 6.92 Å². The minimum atomic E-state index is -4.05. The quantitative estimate of drug-likeness (QED) is 0.866. The summed E-state index contributed by atoms with van der Waals surface area (Å²) >= 11 is 5.90. The number of carbonyl (C=O) groups is 1. The number of ether oxygens (including phenoxy) is 1. The Balaban J connectivity index is 3.19. The van der Waals surface area contributed by atoms with Crippen molar-refractivity contribution in [3.63, 3.8) is 0 Å². The molecule has 0 spiro atoms. The highest BCUT2D eigenvalue weighted by molar-refractivity contribution is 7.94. The summed E-state index contributed by atoms with van der Waals surface area (Å²) in [6, 6.07) is 2.94. The van der Waals surface area contributed by atoms with E-state index in [1.165, 1.54) is 19.2 Å². The molecule has 0 amide bonds. The van der Waals surface area contributed by atoms with E-state index in [-0.39, 0.29) is 11.4 Å². The summed E-state index contributed by atoms with van der Waals surface area (Å²) < 4.78 is 30.9. The zero-order valence-corrected chi connectivity index (χ0v) is 12.2. The van der Waals surface area contributed by atoms with Gasteiger partial charge >= 0.3 is 5.97 Å². The van der Waals surface area contributed by atoms with Crippen molar-refractivity contribution < 1.29 is 23.1 Å². The van der Waals surface area contributed by atoms with Crippen LogP contribution in [0.4, 0.5) is 5.69 Å². The summed E-state index contributed by atoms with van der Waals surface area (Å²) in [5.74, 6) is -1.21. The average molecular weight is 308 g/mol. The first-order valence-corrected chi connectivity index (χ1v) is 7.20. The number of hydrogen-bond acceptors (Lipinski definition) is 4. The van der Waals surface area contributed by atoms with Crippen molar-refractivity contribution >= 4 is 33.3 Å². The Morgan fingerprint density at radius 3 is 2.53 bits per heavy atom. The van der Waals surface area contributed by atoms with Crippen molar-refractivity contribution in [3.8, 4) is 5.75 Å². The zero-order chi connectivity index (χ0) is 14.8. The van der Waals surface area contributed by atoms with E-state index in [4.69, 9.17) is 21.4 Å². The van der Waals surface area contributed by atoms with E-state index in [1.807, 2.05) is 0 Å². The van der Waals surface area contributed by atoms with Gasteiger partial charge in [0, 0.05) is 11.1 Å². The molecule has 1 atom stereocenters. The first-order valence-electron chi connectivity index (χ1n) is 5.27. The molecule has 0 aliphatic heterocycles. The minimum Gasteiger partial charge on any atom is -0.495 e. The maximum atomic E-state index is 11.8. The molecular formula is C11H14ClNO5S. The fraction of sp³-hybridized carbons (Fsp3) is 0.364. The van der Waals surface area contributed by atoms with Crippen LogP contribution in [0.25, 0.3) is 0 Å². The fourth-order valence-corrected chi connectivity index (χ4v) is 2.35. The van der Waals surface area contributed by atoms with Crippen LogP contribution in [0.2, 0.25) is 5.02 Å². The maximum Gasteiger partial charge on any atom is 0.323 e. The number of nitrogens with one attached hydrogen (secondary N) is 1. The highest BCUT2D eigenvalue weighted by atomic mass is 35.5. The van der Waals surface area contributed by atoms with Crippen LogP contribution in [0, 0.1) is 6.92 Å².